The number of aliphatic hydroxyl groups is 1. The van der Waals surface area contributed by atoms with Crippen molar-refractivity contribution in [3.63, 3.8) is 0 Å². The van der Waals surface area contributed by atoms with Gasteiger partial charge in [0.2, 0.25) is 0 Å². The summed E-state index contributed by atoms with van der Waals surface area (Å²) in [5.41, 5.74) is 0.149. The maximum Gasteiger partial charge on any atom is 0.295 e. The molecule has 2 aromatic rings. The fraction of sp³-hybridized carbons (Fsp3) is 0.304. The molecule has 2 saturated heterocycles. The summed E-state index contributed by atoms with van der Waals surface area (Å²) in [5.74, 6) is -2.01. The number of carbonyl (C=O) groups excluding carboxylic acids is 2. The molecule has 2 fully saturated rings. The van der Waals surface area contributed by atoms with E-state index in [1.165, 1.54) is 23.1 Å². The van der Waals surface area contributed by atoms with E-state index in [-0.39, 0.29) is 29.1 Å². The monoisotopic (exact) mass is 515 g/mol. The van der Waals surface area contributed by atoms with Crippen LogP contribution in [0, 0.1) is 10.1 Å². The Morgan fingerprint density at radius 3 is 2.42 bits per heavy atom. The first-order valence-electron chi connectivity index (χ1n) is 10.5. The molecule has 0 bridgehead atoms. The highest BCUT2D eigenvalue weighted by molar-refractivity contribution is 9.10. The van der Waals surface area contributed by atoms with E-state index in [2.05, 4.69) is 20.8 Å². The normalized spacial score (nSPS) is 20.9. The van der Waals surface area contributed by atoms with Crippen LogP contribution in [-0.2, 0) is 14.3 Å². The van der Waals surface area contributed by atoms with Crippen LogP contribution >= 0.6 is 15.9 Å². The van der Waals surface area contributed by atoms with Gasteiger partial charge in [0.1, 0.15) is 5.76 Å². The van der Waals surface area contributed by atoms with Crippen molar-refractivity contribution in [2.45, 2.75) is 6.04 Å². The average Bonchev–Trinajstić information content (AvgIpc) is 3.08. The number of morpholine rings is 1. The van der Waals surface area contributed by atoms with Crippen molar-refractivity contribution in [3.8, 4) is 0 Å². The van der Waals surface area contributed by atoms with Gasteiger partial charge in [0.05, 0.1) is 35.3 Å². The standard InChI is InChI=1S/C23H22BrN3O6/c24-16-7-5-15(6-8-16)21(28)19-20(17-3-1-2-4-18(17)27(31)32)26(23(30)22(19)29)10-9-25-11-13-33-14-12-25/h1-8,20,28H,9-14H2/b21-19+/t20-/m1/s1. The number of rotatable bonds is 6. The van der Waals surface area contributed by atoms with Crippen molar-refractivity contribution >= 4 is 39.1 Å². The van der Waals surface area contributed by atoms with Crippen LogP contribution in [0.2, 0.25) is 0 Å². The molecule has 0 aliphatic carbocycles. The quantitative estimate of drug-likeness (QED) is 0.206. The number of nitro benzene ring substituents is 1. The number of Topliss-reactive ketones (excluding diaryl/α,β-unsaturated/α-hetero) is 1. The summed E-state index contributed by atoms with van der Waals surface area (Å²) in [6, 6.07) is 11.5. The van der Waals surface area contributed by atoms with Crippen LogP contribution < -0.4 is 0 Å². The van der Waals surface area contributed by atoms with E-state index in [0.717, 1.165) is 4.47 Å². The molecule has 0 unspecified atom stereocenters. The van der Waals surface area contributed by atoms with Gasteiger partial charge in [-0.25, -0.2) is 0 Å². The van der Waals surface area contributed by atoms with Crippen LogP contribution in [0.15, 0.2) is 58.6 Å². The average molecular weight is 516 g/mol. The van der Waals surface area contributed by atoms with Crippen molar-refractivity contribution in [3.05, 3.63) is 79.8 Å². The zero-order valence-electron chi connectivity index (χ0n) is 17.6. The number of benzene rings is 2. The highest BCUT2D eigenvalue weighted by atomic mass is 79.9. The third-order valence-corrected chi connectivity index (χ3v) is 6.38. The lowest BCUT2D eigenvalue weighted by molar-refractivity contribution is -0.385. The first-order valence-corrected chi connectivity index (χ1v) is 11.3. The van der Waals surface area contributed by atoms with Crippen LogP contribution in [0.1, 0.15) is 17.2 Å². The number of ketones is 1. The SMILES string of the molecule is O=C1C(=O)N(CCN2CCOCC2)[C@H](c2ccccc2[N+](=O)[O-])/C1=C(\O)c1ccc(Br)cc1. The Kier molecular flexibility index (Phi) is 6.87. The summed E-state index contributed by atoms with van der Waals surface area (Å²) in [7, 11) is 0. The number of carbonyl (C=O) groups is 2. The van der Waals surface area contributed by atoms with Gasteiger partial charge in [-0.05, 0) is 18.2 Å². The van der Waals surface area contributed by atoms with Crippen LogP contribution in [0.5, 0.6) is 0 Å². The lowest BCUT2D eigenvalue weighted by atomic mass is 9.94. The molecule has 4 rings (SSSR count). The van der Waals surface area contributed by atoms with Crippen molar-refractivity contribution in [1.82, 2.24) is 9.80 Å². The zero-order chi connectivity index (χ0) is 23.5. The molecule has 1 atom stereocenters. The number of para-hydroxylation sites is 1. The van der Waals surface area contributed by atoms with Gasteiger partial charge in [0.15, 0.2) is 0 Å². The molecule has 2 aromatic carbocycles. The molecule has 2 heterocycles. The Morgan fingerprint density at radius 2 is 1.76 bits per heavy atom. The summed E-state index contributed by atoms with van der Waals surface area (Å²) in [5, 5.41) is 22.8. The van der Waals surface area contributed by atoms with Crippen molar-refractivity contribution in [1.29, 1.82) is 0 Å². The highest BCUT2D eigenvalue weighted by Crippen LogP contribution is 2.42. The number of aliphatic hydroxyl groups excluding tert-OH is 1. The number of nitrogens with zero attached hydrogens (tertiary/aromatic N) is 3. The van der Waals surface area contributed by atoms with Gasteiger partial charge in [0, 0.05) is 42.3 Å². The van der Waals surface area contributed by atoms with Gasteiger partial charge in [-0.2, -0.15) is 0 Å². The first kappa shape index (κ1) is 23.1. The first-order chi connectivity index (χ1) is 15.9. The van der Waals surface area contributed by atoms with Crippen LogP contribution in [0.3, 0.4) is 0 Å². The molecule has 2 aliphatic rings. The van der Waals surface area contributed by atoms with Crippen molar-refractivity contribution in [2.24, 2.45) is 0 Å². The Labute approximate surface area is 198 Å². The predicted molar refractivity (Wildman–Crippen MR) is 124 cm³/mol. The van der Waals surface area contributed by atoms with E-state index >= 15 is 0 Å². The molecule has 9 nitrogen and oxygen atoms in total. The summed E-state index contributed by atoms with van der Waals surface area (Å²) < 4.78 is 6.13. The maximum atomic E-state index is 13.1. The second-order valence-corrected chi connectivity index (χ2v) is 8.68. The third-order valence-electron chi connectivity index (χ3n) is 5.85. The molecule has 0 spiro atoms. The number of hydrogen-bond donors (Lipinski definition) is 1. The Morgan fingerprint density at radius 1 is 1.09 bits per heavy atom. The molecular weight excluding hydrogens is 494 g/mol. The van der Waals surface area contributed by atoms with E-state index in [9.17, 15) is 24.8 Å². The van der Waals surface area contributed by atoms with E-state index in [1.54, 1.807) is 30.3 Å². The summed E-state index contributed by atoms with van der Waals surface area (Å²) >= 11 is 3.33. The largest absolute Gasteiger partial charge is 0.507 e. The lowest BCUT2D eigenvalue weighted by Gasteiger charge is -2.30. The number of amides is 1. The lowest BCUT2D eigenvalue weighted by Crippen LogP contribution is -2.42. The molecule has 0 radical (unpaired) electrons. The van der Waals surface area contributed by atoms with Gasteiger partial charge < -0.3 is 14.7 Å². The van der Waals surface area contributed by atoms with Crippen LogP contribution in [0.4, 0.5) is 5.69 Å². The summed E-state index contributed by atoms with van der Waals surface area (Å²) in [6.07, 6.45) is 0. The zero-order valence-corrected chi connectivity index (χ0v) is 19.2. The summed E-state index contributed by atoms with van der Waals surface area (Å²) in [6.45, 7) is 3.20. The number of halogens is 1. The molecule has 1 amide bonds. The molecule has 33 heavy (non-hydrogen) atoms. The molecule has 2 aliphatic heterocycles. The third kappa shape index (κ3) is 4.68. The van der Waals surface area contributed by atoms with Crippen LogP contribution in [-0.4, -0.2) is 70.9 Å². The van der Waals surface area contributed by atoms with E-state index in [0.29, 0.717) is 38.4 Å². The molecule has 0 saturated carbocycles. The second kappa shape index (κ2) is 9.82. The Bertz CT molecular complexity index is 1110. The maximum absolute atomic E-state index is 13.1. The number of hydrogen-bond acceptors (Lipinski definition) is 7. The smallest absolute Gasteiger partial charge is 0.295 e. The predicted octanol–water partition coefficient (Wildman–Crippen LogP) is 3.11. The van der Waals surface area contributed by atoms with Gasteiger partial charge >= 0.3 is 0 Å². The van der Waals surface area contributed by atoms with Crippen molar-refractivity contribution < 1.29 is 24.4 Å². The van der Waals surface area contributed by atoms with Gasteiger partial charge in [-0.1, -0.05) is 40.2 Å². The number of nitro groups is 1. The highest BCUT2D eigenvalue weighted by Gasteiger charge is 2.48. The van der Waals surface area contributed by atoms with Crippen molar-refractivity contribution in [2.75, 3.05) is 39.4 Å². The molecule has 1 N–H and O–H groups in total. The van der Waals surface area contributed by atoms with E-state index in [1.807, 2.05) is 0 Å². The minimum Gasteiger partial charge on any atom is -0.507 e. The Hall–Kier alpha value is -3.08. The minimum absolute atomic E-state index is 0.154. The van der Waals surface area contributed by atoms with Crippen LogP contribution in [0.25, 0.3) is 5.76 Å². The fourth-order valence-corrected chi connectivity index (χ4v) is 4.42. The Balaban J connectivity index is 1.80. The fourth-order valence-electron chi connectivity index (χ4n) is 4.16. The van der Waals surface area contributed by atoms with Gasteiger partial charge in [-0.15, -0.1) is 0 Å². The van der Waals surface area contributed by atoms with Gasteiger partial charge in [-0.3, -0.25) is 24.6 Å². The summed E-state index contributed by atoms with van der Waals surface area (Å²) in [4.78, 5) is 40.8. The van der Waals surface area contributed by atoms with Gasteiger partial charge in [0.25, 0.3) is 17.4 Å². The number of likely N-dealkylation sites (tertiary alicyclic amines) is 1. The molecular formula is C23H22BrN3O6. The molecule has 10 heteroatoms. The van der Waals surface area contributed by atoms with E-state index in [4.69, 9.17) is 4.74 Å². The topological polar surface area (TPSA) is 113 Å². The second-order valence-electron chi connectivity index (χ2n) is 7.77. The molecule has 0 aromatic heterocycles. The van der Waals surface area contributed by atoms with E-state index < -0.39 is 22.7 Å². The number of ether oxygens (including phenoxy) is 1. The molecule has 172 valence electrons. The minimum atomic E-state index is -1.07.